The zero-order valence-corrected chi connectivity index (χ0v) is 13.6. The third-order valence-electron chi connectivity index (χ3n) is 3.83. The molecule has 1 aliphatic heterocycles. The molecule has 0 aromatic carbocycles. The van der Waals surface area contributed by atoms with Gasteiger partial charge in [-0.3, -0.25) is 4.79 Å². The summed E-state index contributed by atoms with van der Waals surface area (Å²) in [6.07, 6.45) is -3.35. The number of methoxy groups -OCH3 is 2. The van der Waals surface area contributed by atoms with Gasteiger partial charge in [0.1, 0.15) is 0 Å². The molecular formula is C15H20F3N3O3. The number of carbonyl (C=O) groups is 1. The molecule has 0 atom stereocenters. The number of hydrogen-bond donors (Lipinski definition) is 0. The van der Waals surface area contributed by atoms with Crippen LogP contribution in [0.15, 0.2) is 12.3 Å². The SMILES string of the molecule is COCCC(=O)N1CCN(c2ncc(C(F)(F)F)cc2OC)CC1. The minimum atomic E-state index is -4.47. The molecule has 0 bridgehead atoms. The van der Waals surface area contributed by atoms with E-state index < -0.39 is 11.7 Å². The molecule has 1 aliphatic rings. The number of alkyl halides is 3. The minimum Gasteiger partial charge on any atom is -0.493 e. The first-order chi connectivity index (χ1) is 11.4. The van der Waals surface area contributed by atoms with Gasteiger partial charge < -0.3 is 19.3 Å². The first-order valence-electron chi connectivity index (χ1n) is 7.49. The summed E-state index contributed by atoms with van der Waals surface area (Å²) in [6, 6.07) is 0.943. The van der Waals surface area contributed by atoms with Crippen molar-refractivity contribution in [2.45, 2.75) is 12.6 Å². The standard InChI is InChI=1S/C15H20F3N3O3/c1-23-8-3-13(22)20-4-6-21(7-5-20)14-12(24-2)9-11(10-19-14)15(16,17)18/h9-10H,3-8H2,1-2H3. The topological polar surface area (TPSA) is 54.9 Å². The van der Waals surface area contributed by atoms with E-state index in [0.29, 0.717) is 45.0 Å². The number of hydrogen-bond acceptors (Lipinski definition) is 5. The van der Waals surface area contributed by atoms with Crippen LogP contribution in [0.3, 0.4) is 0 Å². The molecule has 1 aromatic rings. The molecule has 0 N–H and O–H groups in total. The summed E-state index contributed by atoms with van der Waals surface area (Å²) in [5.74, 6) is 0.433. The Labute approximate surface area is 138 Å². The molecule has 24 heavy (non-hydrogen) atoms. The first kappa shape index (κ1) is 18.3. The highest BCUT2D eigenvalue weighted by molar-refractivity contribution is 5.76. The van der Waals surface area contributed by atoms with Crippen LogP contribution in [0, 0.1) is 0 Å². The highest BCUT2D eigenvalue weighted by Crippen LogP contribution is 2.35. The van der Waals surface area contributed by atoms with E-state index >= 15 is 0 Å². The molecule has 1 aromatic heterocycles. The lowest BCUT2D eigenvalue weighted by molar-refractivity contribution is -0.138. The molecule has 0 aliphatic carbocycles. The number of ether oxygens (including phenoxy) is 2. The molecule has 134 valence electrons. The van der Waals surface area contributed by atoms with Gasteiger partial charge in [0.05, 0.1) is 25.7 Å². The van der Waals surface area contributed by atoms with Crippen molar-refractivity contribution in [1.82, 2.24) is 9.88 Å². The Morgan fingerprint density at radius 3 is 2.46 bits per heavy atom. The van der Waals surface area contributed by atoms with Crippen LogP contribution in [0.1, 0.15) is 12.0 Å². The van der Waals surface area contributed by atoms with E-state index in [1.807, 2.05) is 4.90 Å². The van der Waals surface area contributed by atoms with Crippen LogP contribution in [0.2, 0.25) is 0 Å². The fourth-order valence-electron chi connectivity index (χ4n) is 2.50. The Morgan fingerprint density at radius 2 is 1.92 bits per heavy atom. The first-order valence-corrected chi connectivity index (χ1v) is 7.49. The molecule has 0 unspecified atom stereocenters. The summed E-state index contributed by atoms with van der Waals surface area (Å²) in [5.41, 5.74) is -0.850. The van der Waals surface area contributed by atoms with Crippen LogP contribution in [-0.2, 0) is 15.7 Å². The van der Waals surface area contributed by atoms with Gasteiger partial charge >= 0.3 is 6.18 Å². The van der Waals surface area contributed by atoms with Crippen LogP contribution in [0.5, 0.6) is 5.75 Å². The number of anilines is 1. The predicted octanol–water partition coefficient (Wildman–Crippen LogP) is 1.79. The highest BCUT2D eigenvalue weighted by Gasteiger charge is 2.33. The van der Waals surface area contributed by atoms with Crippen LogP contribution >= 0.6 is 0 Å². The molecule has 0 radical (unpaired) electrons. The Bertz CT molecular complexity index is 573. The minimum absolute atomic E-state index is 0.00356. The average Bonchev–Trinajstić information content (AvgIpc) is 2.58. The summed E-state index contributed by atoms with van der Waals surface area (Å²) >= 11 is 0. The number of carbonyl (C=O) groups excluding carboxylic acids is 1. The predicted molar refractivity (Wildman–Crippen MR) is 81.1 cm³/mol. The number of rotatable bonds is 5. The van der Waals surface area contributed by atoms with E-state index in [9.17, 15) is 18.0 Å². The van der Waals surface area contributed by atoms with Gasteiger partial charge in [-0.1, -0.05) is 0 Å². The Kier molecular flexibility index (Phi) is 5.87. The lowest BCUT2D eigenvalue weighted by atomic mass is 10.2. The van der Waals surface area contributed by atoms with Crippen molar-refractivity contribution in [2.24, 2.45) is 0 Å². The summed E-state index contributed by atoms with van der Waals surface area (Å²) < 4.78 is 48.2. The Morgan fingerprint density at radius 1 is 1.25 bits per heavy atom. The molecule has 1 fully saturated rings. The maximum atomic E-state index is 12.8. The van der Waals surface area contributed by atoms with Gasteiger partial charge in [-0.05, 0) is 6.07 Å². The van der Waals surface area contributed by atoms with Crippen molar-refractivity contribution >= 4 is 11.7 Å². The van der Waals surface area contributed by atoms with Gasteiger partial charge in [0.25, 0.3) is 0 Å². The fourth-order valence-corrected chi connectivity index (χ4v) is 2.50. The van der Waals surface area contributed by atoms with Gasteiger partial charge in [-0.2, -0.15) is 13.2 Å². The number of piperazine rings is 1. The number of nitrogens with zero attached hydrogens (tertiary/aromatic N) is 3. The third kappa shape index (κ3) is 4.28. The maximum absolute atomic E-state index is 12.8. The summed E-state index contributed by atoms with van der Waals surface area (Å²) in [5, 5.41) is 0. The van der Waals surface area contributed by atoms with E-state index in [1.165, 1.54) is 14.2 Å². The summed E-state index contributed by atoms with van der Waals surface area (Å²) in [7, 11) is 2.85. The molecule has 6 nitrogen and oxygen atoms in total. The lowest BCUT2D eigenvalue weighted by Crippen LogP contribution is -2.49. The number of amides is 1. The van der Waals surface area contributed by atoms with Crippen molar-refractivity contribution in [3.8, 4) is 5.75 Å². The van der Waals surface area contributed by atoms with Crippen LogP contribution in [0.25, 0.3) is 0 Å². The molecule has 0 spiro atoms. The second kappa shape index (κ2) is 7.69. The van der Waals surface area contributed by atoms with Crippen molar-refractivity contribution < 1.29 is 27.4 Å². The molecule has 1 saturated heterocycles. The van der Waals surface area contributed by atoms with Gasteiger partial charge in [-0.25, -0.2) is 4.98 Å². The van der Waals surface area contributed by atoms with E-state index in [-0.39, 0.29) is 11.7 Å². The van der Waals surface area contributed by atoms with E-state index in [0.717, 1.165) is 12.3 Å². The second-order valence-corrected chi connectivity index (χ2v) is 5.36. The molecular weight excluding hydrogens is 327 g/mol. The fraction of sp³-hybridized carbons (Fsp3) is 0.600. The van der Waals surface area contributed by atoms with Crippen LogP contribution in [0.4, 0.5) is 19.0 Å². The zero-order valence-electron chi connectivity index (χ0n) is 13.6. The quantitative estimate of drug-likeness (QED) is 0.813. The smallest absolute Gasteiger partial charge is 0.418 e. The van der Waals surface area contributed by atoms with Gasteiger partial charge in [0.15, 0.2) is 11.6 Å². The average molecular weight is 347 g/mol. The van der Waals surface area contributed by atoms with Crippen molar-refractivity contribution in [2.75, 3.05) is 51.9 Å². The molecule has 2 rings (SSSR count). The summed E-state index contributed by atoms with van der Waals surface area (Å²) in [4.78, 5) is 19.4. The largest absolute Gasteiger partial charge is 0.493 e. The maximum Gasteiger partial charge on any atom is 0.418 e. The third-order valence-corrected chi connectivity index (χ3v) is 3.83. The summed E-state index contributed by atoms with van der Waals surface area (Å²) in [6.45, 7) is 2.29. The number of halogens is 3. The number of aromatic nitrogens is 1. The normalized spacial score (nSPS) is 15.5. The van der Waals surface area contributed by atoms with E-state index in [2.05, 4.69) is 4.98 Å². The molecule has 1 amide bonds. The highest BCUT2D eigenvalue weighted by atomic mass is 19.4. The van der Waals surface area contributed by atoms with Crippen LogP contribution < -0.4 is 9.64 Å². The molecule has 9 heteroatoms. The van der Waals surface area contributed by atoms with Gasteiger partial charge in [0, 0.05) is 39.5 Å². The molecule has 0 saturated carbocycles. The lowest BCUT2D eigenvalue weighted by Gasteiger charge is -2.36. The van der Waals surface area contributed by atoms with Crippen LogP contribution in [-0.4, -0.2) is 62.8 Å². The zero-order chi connectivity index (χ0) is 17.7. The van der Waals surface area contributed by atoms with Crippen molar-refractivity contribution in [1.29, 1.82) is 0 Å². The van der Waals surface area contributed by atoms with Gasteiger partial charge in [0.2, 0.25) is 5.91 Å². The van der Waals surface area contributed by atoms with Crippen molar-refractivity contribution in [3.63, 3.8) is 0 Å². The number of pyridine rings is 1. The van der Waals surface area contributed by atoms with E-state index in [1.54, 1.807) is 4.90 Å². The Hall–Kier alpha value is -2.03. The van der Waals surface area contributed by atoms with Crippen molar-refractivity contribution in [3.05, 3.63) is 17.8 Å². The molecule has 2 heterocycles. The second-order valence-electron chi connectivity index (χ2n) is 5.36. The van der Waals surface area contributed by atoms with E-state index in [4.69, 9.17) is 9.47 Å². The monoisotopic (exact) mass is 347 g/mol. The van der Waals surface area contributed by atoms with Gasteiger partial charge in [-0.15, -0.1) is 0 Å². The Balaban J connectivity index is 2.05.